The minimum atomic E-state index is -0.205. The Labute approximate surface area is 105 Å². The van der Waals surface area contributed by atoms with E-state index in [1.54, 1.807) is 29.1 Å². The van der Waals surface area contributed by atoms with Gasteiger partial charge in [0.25, 0.3) is 5.91 Å². The van der Waals surface area contributed by atoms with Gasteiger partial charge in [0, 0.05) is 18.9 Å². The molecule has 18 heavy (non-hydrogen) atoms. The first-order chi connectivity index (χ1) is 8.79. The summed E-state index contributed by atoms with van der Waals surface area (Å²) in [6.07, 6.45) is 6.04. The maximum absolute atomic E-state index is 11.7. The first-order valence-corrected chi connectivity index (χ1v) is 5.75. The van der Waals surface area contributed by atoms with Gasteiger partial charge in [-0.05, 0) is 24.6 Å². The topological polar surface area (TPSA) is 60.1 Å². The number of hydrogen-bond donors (Lipinski definition) is 1. The van der Waals surface area contributed by atoms with Gasteiger partial charge in [0.2, 0.25) is 0 Å². The molecule has 0 saturated heterocycles. The van der Waals surface area contributed by atoms with E-state index in [4.69, 9.17) is 4.42 Å². The molecular formula is C13H15N3O2. The number of furan rings is 1. The Morgan fingerprint density at radius 3 is 3.17 bits per heavy atom. The summed E-state index contributed by atoms with van der Waals surface area (Å²) in [5, 5.41) is 6.82. The molecule has 2 rings (SSSR count). The second-order valence-electron chi connectivity index (χ2n) is 3.80. The number of amides is 1. The lowest BCUT2D eigenvalue weighted by Crippen LogP contribution is -2.23. The molecule has 5 heteroatoms. The molecule has 1 amide bonds. The van der Waals surface area contributed by atoms with Gasteiger partial charge in [-0.1, -0.05) is 6.08 Å². The van der Waals surface area contributed by atoms with Gasteiger partial charge in [-0.25, -0.2) is 0 Å². The Bertz CT molecular complexity index is 514. The molecule has 0 atom stereocenters. The summed E-state index contributed by atoms with van der Waals surface area (Å²) in [6.45, 7) is 4.68. The van der Waals surface area contributed by atoms with E-state index < -0.39 is 0 Å². The number of nitrogens with zero attached hydrogens (tertiary/aromatic N) is 2. The van der Waals surface area contributed by atoms with Crippen LogP contribution in [0.25, 0.3) is 0 Å². The van der Waals surface area contributed by atoms with Gasteiger partial charge in [0.05, 0.1) is 6.54 Å². The Hall–Kier alpha value is -2.30. The van der Waals surface area contributed by atoms with Crippen molar-refractivity contribution in [3.05, 3.63) is 54.8 Å². The van der Waals surface area contributed by atoms with Gasteiger partial charge in [-0.2, -0.15) is 5.10 Å². The van der Waals surface area contributed by atoms with Crippen molar-refractivity contribution in [3.63, 3.8) is 0 Å². The summed E-state index contributed by atoms with van der Waals surface area (Å²) in [4.78, 5) is 11.7. The lowest BCUT2D eigenvalue weighted by Gasteiger charge is -2.00. The van der Waals surface area contributed by atoms with Gasteiger partial charge in [-0.15, -0.1) is 6.58 Å². The van der Waals surface area contributed by atoms with Crippen LogP contribution in [0.5, 0.6) is 0 Å². The molecule has 0 bridgehead atoms. The highest BCUT2D eigenvalue weighted by atomic mass is 16.4. The molecule has 2 aromatic heterocycles. The van der Waals surface area contributed by atoms with Crippen molar-refractivity contribution in [1.29, 1.82) is 0 Å². The van der Waals surface area contributed by atoms with Crippen molar-refractivity contribution in [2.24, 2.45) is 0 Å². The maximum Gasteiger partial charge on any atom is 0.287 e. The average Bonchev–Trinajstić information content (AvgIpc) is 3.01. The number of aromatic nitrogens is 2. The summed E-state index contributed by atoms with van der Waals surface area (Å²) in [5.41, 5.74) is 0. The van der Waals surface area contributed by atoms with Crippen molar-refractivity contribution in [1.82, 2.24) is 15.1 Å². The standard InChI is InChI=1S/C13H15N3O2/c1-2-3-7-14-13(17)12-6-5-11(18-12)10-16-9-4-8-15-16/h2,4-6,8-9H,1,3,7,10H2,(H,14,17). The van der Waals surface area contributed by atoms with Crippen LogP contribution in [-0.4, -0.2) is 22.2 Å². The molecule has 5 nitrogen and oxygen atoms in total. The maximum atomic E-state index is 11.7. The molecule has 0 aliphatic rings. The largest absolute Gasteiger partial charge is 0.454 e. The van der Waals surface area contributed by atoms with E-state index in [0.29, 0.717) is 24.6 Å². The molecule has 0 aliphatic carbocycles. The van der Waals surface area contributed by atoms with Crippen molar-refractivity contribution in [2.75, 3.05) is 6.54 Å². The average molecular weight is 245 g/mol. The second-order valence-corrected chi connectivity index (χ2v) is 3.80. The zero-order valence-electron chi connectivity index (χ0n) is 10.0. The number of hydrogen-bond acceptors (Lipinski definition) is 3. The van der Waals surface area contributed by atoms with Crippen LogP contribution in [0.3, 0.4) is 0 Å². The molecule has 2 heterocycles. The molecule has 0 spiro atoms. The molecule has 0 unspecified atom stereocenters. The summed E-state index contributed by atoms with van der Waals surface area (Å²) in [7, 11) is 0. The highest BCUT2D eigenvalue weighted by Crippen LogP contribution is 2.09. The van der Waals surface area contributed by atoms with E-state index in [9.17, 15) is 4.79 Å². The molecule has 0 fully saturated rings. The fourth-order valence-electron chi connectivity index (χ4n) is 1.51. The third kappa shape index (κ3) is 3.10. The molecule has 0 saturated carbocycles. The van der Waals surface area contributed by atoms with Crippen molar-refractivity contribution in [3.8, 4) is 0 Å². The number of carbonyl (C=O) groups is 1. The normalized spacial score (nSPS) is 10.2. The zero-order chi connectivity index (χ0) is 12.8. The molecule has 0 aromatic carbocycles. The van der Waals surface area contributed by atoms with Crippen LogP contribution >= 0.6 is 0 Å². The zero-order valence-corrected chi connectivity index (χ0v) is 10.0. The van der Waals surface area contributed by atoms with E-state index in [2.05, 4.69) is 17.0 Å². The minimum Gasteiger partial charge on any atom is -0.454 e. The molecule has 2 aromatic rings. The summed E-state index contributed by atoms with van der Waals surface area (Å²) >= 11 is 0. The van der Waals surface area contributed by atoms with Crippen LogP contribution in [-0.2, 0) is 6.54 Å². The van der Waals surface area contributed by atoms with Crippen LogP contribution in [0.4, 0.5) is 0 Å². The lowest BCUT2D eigenvalue weighted by molar-refractivity contribution is 0.0924. The Morgan fingerprint density at radius 2 is 2.44 bits per heavy atom. The number of rotatable bonds is 6. The van der Waals surface area contributed by atoms with Gasteiger partial charge in [0.1, 0.15) is 5.76 Å². The van der Waals surface area contributed by atoms with Gasteiger partial charge in [0.15, 0.2) is 5.76 Å². The van der Waals surface area contributed by atoms with Crippen LogP contribution in [0, 0.1) is 0 Å². The molecule has 0 aliphatic heterocycles. The summed E-state index contributed by atoms with van der Waals surface area (Å²) < 4.78 is 7.19. The molecule has 1 N–H and O–H groups in total. The lowest BCUT2D eigenvalue weighted by atomic mass is 10.3. The fourth-order valence-corrected chi connectivity index (χ4v) is 1.51. The predicted molar refractivity (Wildman–Crippen MR) is 67.2 cm³/mol. The van der Waals surface area contributed by atoms with E-state index in [0.717, 1.165) is 6.42 Å². The highest BCUT2D eigenvalue weighted by molar-refractivity contribution is 5.91. The van der Waals surface area contributed by atoms with E-state index in [1.807, 2.05) is 12.3 Å². The van der Waals surface area contributed by atoms with E-state index >= 15 is 0 Å². The third-order valence-corrected chi connectivity index (χ3v) is 2.40. The SMILES string of the molecule is C=CCCNC(=O)c1ccc(Cn2cccn2)o1. The molecular weight excluding hydrogens is 230 g/mol. The Kier molecular flexibility index (Phi) is 3.96. The number of carbonyl (C=O) groups excluding carboxylic acids is 1. The Balaban J connectivity index is 1.93. The van der Waals surface area contributed by atoms with E-state index in [-0.39, 0.29) is 5.91 Å². The van der Waals surface area contributed by atoms with Crippen LogP contribution in [0.15, 0.2) is 47.7 Å². The first-order valence-electron chi connectivity index (χ1n) is 5.75. The minimum absolute atomic E-state index is 0.205. The quantitative estimate of drug-likeness (QED) is 0.624. The molecule has 0 radical (unpaired) electrons. The van der Waals surface area contributed by atoms with Crippen LogP contribution in [0.1, 0.15) is 22.7 Å². The summed E-state index contributed by atoms with van der Waals surface area (Å²) in [5.74, 6) is 0.817. The number of nitrogens with one attached hydrogen (secondary N) is 1. The van der Waals surface area contributed by atoms with Gasteiger partial charge < -0.3 is 9.73 Å². The monoisotopic (exact) mass is 245 g/mol. The Morgan fingerprint density at radius 1 is 1.56 bits per heavy atom. The first kappa shape index (κ1) is 12.2. The third-order valence-electron chi connectivity index (χ3n) is 2.40. The van der Waals surface area contributed by atoms with Crippen molar-refractivity contribution in [2.45, 2.75) is 13.0 Å². The second kappa shape index (κ2) is 5.86. The predicted octanol–water partition coefficient (Wildman–Crippen LogP) is 1.83. The van der Waals surface area contributed by atoms with Crippen LogP contribution < -0.4 is 5.32 Å². The van der Waals surface area contributed by atoms with Gasteiger partial charge in [-0.3, -0.25) is 9.48 Å². The highest BCUT2D eigenvalue weighted by Gasteiger charge is 2.10. The molecule has 94 valence electrons. The van der Waals surface area contributed by atoms with Crippen molar-refractivity contribution < 1.29 is 9.21 Å². The smallest absolute Gasteiger partial charge is 0.287 e. The van der Waals surface area contributed by atoms with Gasteiger partial charge >= 0.3 is 0 Å². The summed E-state index contributed by atoms with van der Waals surface area (Å²) in [6, 6.07) is 5.29. The van der Waals surface area contributed by atoms with Crippen molar-refractivity contribution >= 4 is 5.91 Å². The van der Waals surface area contributed by atoms with Crippen LogP contribution in [0.2, 0.25) is 0 Å². The fraction of sp³-hybridized carbons (Fsp3) is 0.231. The van der Waals surface area contributed by atoms with E-state index in [1.165, 1.54) is 0 Å².